The Balaban J connectivity index is 0.000000336. The number of rotatable bonds is 0. The zero-order valence-electron chi connectivity index (χ0n) is 7.37. The van der Waals surface area contributed by atoms with Gasteiger partial charge < -0.3 is 10.1 Å². The van der Waals surface area contributed by atoms with Crippen LogP contribution in [0.4, 0.5) is 5.69 Å². The molecule has 0 bridgehead atoms. The lowest BCUT2D eigenvalue weighted by molar-refractivity contribution is 0.477. The molecule has 2 rings (SSSR count). The third kappa shape index (κ3) is 1.78. The van der Waals surface area contributed by atoms with E-state index < -0.39 is 0 Å². The highest BCUT2D eigenvalue weighted by molar-refractivity contribution is 5.59. The summed E-state index contributed by atoms with van der Waals surface area (Å²) in [6.07, 6.45) is 3.39. The number of anilines is 1. The van der Waals surface area contributed by atoms with Gasteiger partial charge in [0, 0.05) is 6.20 Å². The topological polar surface area (TPSA) is 21.3 Å². The van der Waals surface area contributed by atoms with E-state index in [0.717, 1.165) is 11.4 Å². The van der Waals surface area contributed by atoms with Crippen molar-refractivity contribution in [3.05, 3.63) is 36.7 Å². The van der Waals surface area contributed by atoms with E-state index in [-0.39, 0.29) is 0 Å². The molecule has 1 aliphatic rings. The molecule has 0 atom stereocenters. The van der Waals surface area contributed by atoms with Crippen LogP contribution in [0, 0.1) is 0 Å². The zero-order chi connectivity index (χ0) is 8.81. The second-order valence-electron chi connectivity index (χ2n) is 2.06. The van der Waals surface area contributed by atoms with E-state index in [1.165, 1.54) is 0 Å². The van der Waals surface area contributed by atoms with Crippen LogP contribution in [0.3, 0.4) is 0 Å². The van der Waals surface area contributed by atoms with Gasteiger partial charge in [0.15, 0.2) is 0 Å². The molecule has 1 aromatic rings. The summed E-state index contributed by atoms with van der Waals surface area (Å²) in [7, 11) is 0. The molecule has 1 heterocycles. The lowest BCUT2D eigenvalue weighted by atomic mass is 10.3. The first-order valence-corrected chi connectivity index (χ1v) is 4.14. The Labute approximate surface area is 72.9 Å². The molecular weight excluding hydrogens is 150 g/mol. The first kappa shape index (κ1) is 8.65. The minimum absolute atomic E-state index is 0.880. The maximum atomic E-state index is 5.18. The van der Waals surface area contributed by atoms with E-state index in [0.29, 0.717) is 0 Å². The van der Waals surface area contributed by atoms with Crippen molar-refractivity contribution in [3.8, 4) is 5.75 Å². The highest BCUT2D eigenvalue weighted by Crippen LogP contribution is 2.25. The Bertz CT molecular complexity index is 241. The Kier molecular flexibility index (Phi) is 3.20. The summed E-state index contributed by atoms with van der Waals surface area (Å²) in [5, 5.41) is 3.06. The highest BCUT2D eigenvalue weighted by atomic mass is 16.5. The zero-order valence-corrected chi connectivity index (χ0v) is 7.37. The van der Waals surface area contributed by atoms with Crippen LogP contribution in [0.15, 0.2) is 36.7 Å². The Morgan fingerprint density at radius 2 is 1.92 bits per heavy atom. The summed E-state index contributed by atoms with van der Waals surface area (Å²) in [6.45, 7) is 4.00. The van der Waals surface area contributed by atoms with Gasteiger partial charge in [0.1, 0.15) is 12.0 Å². The third-order valence-corrected chi connectivity index (χ3v) is 1.39. The fourth-order valence-corrected chi connectivity index (χ4v) is 0.920. The molecule has 64 valence electrons. The van der Waals surface area contributed by atoms with E-state index in [4.69, 9.17) is 4.74 Å². The number of fused-ring (bicyclic) bond motifs is 1. The molecule has 1 aliphatic heterocycles. The van der Waals surface area contributed by atoms with Gasteiger partial charge in [-0.05, 0) is 12.1 Å². The number of para-hydroxylation sites is 2. The molecule has 2 heteroatoms. The number of nitrogens with one attached hydrogen (secondary N) is 1. The van der Waals surface area contributed by atoms with Crippen LogP contribution < -0.4 is 10.1 Å². The van der Waals surface area contributed by atoms with Crippen LogP contribution >= 0.6 is 0 Å². The summed E-state index contributed by atoms with van der Waals surface area (Å²) in [5.74, 6) is 0.880. The van der Waals surface area contributed by atoms with Crippen molar-refractivity contribution < 1.29 is 4.74 Å². The second-order valence-corrected chi connectivity index (χ2v) is 2.06. The van der Waals surface area contributed by atoms with Crippen molar-refractivity contribution >= 4 is 5.69 Å². The molecular formula is C10H13NO. The van der Waals surface area contributed by atoms with Crippen LogP contribution in [0.1, 0.15) is 13.8 Å². The van der Waals surface area contributed by atoms with Crippen molar-refractivity contribution in [2.45, 2.75) is 13.8 Å². The molecule has 0 unspecified atom stereocenters. The predicted molar refractivity (Wildman–Crippen MR) is 51.2 cm³/mol. The number of hydrogen-bond donors (Lipinski definition) is 1. The van der Waals surface area contributed by atoms with Gasteiger partial charge >= 0.3 is 0 Å². The van der Waals surface area contributed by atoms with Crippen LogP contribution in [0.2, 0.25) is 0 Å². The summed E-state index contributed by atoms with van der Waals surface area (Å²) in [4.78, 5) is 0. The SMILES string of the molecule is C1=COc2ccccc2N1.CC. The molecule has 0 saturated carbocycles. The average Bonchev–Trinajstić information content (AvgIpc) is 2.21. The molecule has 0 spiro atoms. The van der Waals surface area contributed by atoms with E-state index in [1.54, 1.807) is 12.5 Å². The predicted octanol–water partition coefficient (Wildman–Crippen LogP) is 2.99. The number of ether oxygens (including phenoxy) is 1. The van der Waals surface area contributed by atoms with E-state index in [1.807, 2.05) is 38.1 Å². The van der Waals surface area contributed by atoms with Crippen molar-refractivity contribution in [2.75, 3.05) is 5.32 Å². The maximum absolute atomic E-state index is 5.18. The second kappa shape index (κ2) is 4.44. The van der Waals surface area contributed by atoms with Crippen LogP contribution in [0.5, 0.6) is 5.75 Å². The van der Waals surface area contributed by atoms with Crippen LogP contribution in [-0.2, 0) is 0 Å². The largest absolute Gasteiger partial charge is 0.461 e. The Morgan fingerprint density at radius 1 is 1.17 bits per heavy atom. The van der Waals surface area contributed by atoms with Gasteiger partial charge in [-0.3, -0.25) is 0 Å². The normalized spacial score (nSPS) is 11.5. The molecule has 1 aromatic carbocycles. The lowest BCUT2D eigenvalue weighted by Gasteiger charge is -2.11. The van der Waals surface area contributed by atoms with Crippen molar-refractivity contribution in [1.29, 1.82) is 0 Å². The molecule has 0 amide bonds. The Morgan fingerprint density at radius 3 is 2.67 bits per heavy atom. The maximum Gasteiger partial charge on any atom is 0.150 e. The first-order chi connectivity index (χ1) is 5.97. The van der Waals surface area contributed by atoms with Gasteiger partial charge in [0.2, 0.25) is 0 Å². The minimum atomic E-state index is 0.880. The number of benzene rings is 1. The molecule has 12 heavy (non-hydrogen) atoms. The summed E-state index contributed by atoms with van der Waals surface area (Å²) < 4.78 is 5.18. The van der Waals surface area contributed by atoms with Gasteiger partial charge in [-0.25, -0.2) is 0 Å². The van der Waals surface area contributed by atoms with Gasteiger partial charge in [-0.1, -0.05) is 26.0 Å². The fraction of sp³-hybridized carbons (Fsp3) is 0.200. The van der Waals surface area contributed by atoms with Crippen LogP contribution in [-0.4, -0.2) is 0 Å². The molecule has 0 saturated heterocycles. The van der Waals surface area contributed by atoms with Crippen molar-refractivity contribution in [3.63, 3.8) is 0 Å². The van der Waals surface area contributed by atoms with E-state index >= 15 is 0 Å². The standard InChI is InChI=1S/C8H7NO.C2H6/c1-2-4-8-7(3-1)9-5-6-10-8;1-2/h1-6,9H;1-2H3. The third-order valence-electron chi connectivity index (χ3n) is 1.39. The lowest BCUT2D eigenvalue weighted by Crippen LogP contribution is -1.97. The van der Waals surface area contributed by atoms with Crippen LogP contribution in [0.25, 0.3) is 0 Å². The first-order valence-electron chi connectivity index (χ1n) is 4.14. The van der Waals surface area contributed by atoms with Gasteiger partial charge in [-0.2, -0.15) is 0 Å². The smallest absolute Gasteiger partial charge is 0.150 e. The number of hydrogen-bond acceptors (Lipinski definition) is 2. The molecule has 1 N–H and O–H groups in total. The summed E-state index contributed by atoms with van der Waals surface area (Å²) in [6, 6.07) is 7.80. The minimum Gasteiger partial charge on any atom is -0.461 e. The van der Waals surface area contributed by atoms with E-state index in [9.17, 15) is 0 Å². The van der Waals surface area contributed by atoms with Gasteiger partial charge in [-0.15, -0.1) is 0 Å². The Hall–Kier alpha value is -1.44. The fourth-order valence-electron chi connectivity index (χ4n) is 0.920. The highest BCUT2D eigenvalue weighted by Gasteiger charge is 2.01. The summed E-state index contributed by atoms with van der Waals surface area (Å²) >= 11 is 0. The van der Waals surface area contributed by atoms with Gasteiger partial charge in [0.05, 0.1) is 5.69 Å². The molecule has 0 aromatic heterocycles. The quantitative estimate of drug-likeness (QED) is 0.634. The summed E-state index contributed by atoms with van der Waals surface area (Å²) in [5.41, 5.74) is 1.02. The molecule has 0 fully saturated rings. The average molecular weight is 163 g/mol. The molecule has 0 aliphatic carbocycles. The molecule has 0 radical (unpaired) electrons. The van der Waals surface area contributed by atoms with Gasteiger partial charge in [0.25, 0.3) is 0 Å². The molecule has 2 nitrogen and oxygen atoms in total. The van der Waals surface area contributed by atoms with Crippen molar-refractivity contribution in [2.24, 2.45) is 0 Å². The van der Waals surface area contributed by atoms with Crippen molar-refractivity contribution in [1.82, 2.24) is 0 Å². The van der Waals surface area contributed by atoms with E-state index in [2.05, 4.69) is 5.32 Å². The monoisotopic (exact) mass is 163 g/mol.